The van der Waals surface area contributed by atoms with Crippen molar-refractivity contribution in [2.75, 3.05) is 0 Å². The first kappa shape index (κ1) is 8.18. The van der Waals surface area contributed by atoms with Crippen molar-refractivity contribution in [1.82, 2.24) is 13.5 Å². The van der Waals surface area contributed by atoms with Crippen LogP contribution in [-0.4, -0.2) is 13.5 Å². The zero-order valence-electron chi connectivity index (χ0n) is 7.14. The summed E-state index contributed by atoms with van der Waals surface area (Å²) < 4.78 is 6.40. The van der Waals surface area contributed by atoms with Crippen LogP contribution >= 0.6 is 11.5 Å². The third kappa shape index (κ3) is 0.951. The molecule has 0 saturated heterocycles. The lowest BCUT2D eigenvalue weighted by molar-refractivity contribution is 0.713. The van der Waals surface area contributed by atoms with Crippen molar-refractivity contribution in [1.29, 1.82) is 0 Å². The molecule has 0 N–H and O–H groups in total. The topological polar surface area (TPSA) is 56.9 Å². The summed E-state index contributed by atoms with van der Waals surface area (Å²) in [7, 11) is 3.07. The van der Waals surface area contributed by atoms with Gasteiger partial charge in [-0.25, -0.2) is 4.79 Å². The first-order valence-electron chi connectivity index (χ1n) is 3.63. The van der Waals surface area contributed by atoms with Gasteiger partial charge < -0.3 is 0 Å². The van der Waals surface area contributed by atoms with Crippen molar-refractivity contribution in [3.8, 4) is 0 Å². The summed E-state index contributed by atoms with van der Waals surface area (Å²) in [5.74, 6) is 0. The summed E-state index contributed by atoms with van der Waals surface area (Å²) in [5, 5.41) is 1.69. The van der Waals surface area contributed by atoms with Crippen LogP contribution in [0.25, 0.3) is 11.0 Å². The quantitative estimate of drug-likeness (QED) is 0.582. The van der Waals surface area contributed by atoms with E-state index in [4.69, 9.17) is 0 Å². The van der Waals surface area contributed by atoms with Crippen molar-refractivity contribution in [3.05, 3.63) is 26.2 Å². The molecule has 0 amide bonds. The lowest BCUT2D eigenvalue weighted by Crippen LogP contribution is -2.36. The molecule has 5 nitrogen and oxygen atoms in total. The summed E-state index contributed by atoms with van der Waals surface area (Å²) in [6, 6.07) is 0. The lowest BCUT2D eigenvalue weighted by Gasteiger charge is -2.01. The average Bonchev–Trinajstić information content (AvgIpc) is 2.59. The summed E-state index contributed by atoms with van der Waals surface area (Å²) in [4.78, 5) is 22.9. The Kier molecular flexibility index (Phi) is 1.59. The van der Waals surface area contributed by atoms with E-state index in [9.17, 15) is 9.59 Å². The van der Waals surface area contributed by atoms with Gasteiger partial charge >= 0.3 is 5.69 Å². The number of rotatable bonds is 0. The van der Waals surface area contributed by atoms with E-state index < -0.39 is 0 Å². The van der Waals surface area contributed by atoms with Gasteiger partial charge in [0.25, 0.3) is 5.56 Å². The van der Waals surface area contributed by atoms with E-state index in [-0.39, 0.29) is 11.2 Å². The van der Waals surface area contributed by atoms with Crippen molar-refractivity contribution in [2.45, 2.75) is 0 Å². The van der Waals surface area contributed by atoms with Crippen molar-refractivity contribution < 1.29 is 0 Å². The molecule has 0 spiro atoms. The van der Waals surface area contributed by atoms with E-state index in [2.05, 4.69) is 4.37 Å². The number of fused-ring (bicyclic) bond motifs is 1. The first-order valence-corrected chi connectivity index (χ1v) is 4.46. The fraction of sp³-hybridized carbons (Fsp3) is 0.286. The van der Waals surface area contributed by atoms with Gasteiger partial charge in [0.1, 0.15) is 0 Å². The molecule has 0 bridgehead atoms. The maximum Gasteiger partial charge on any atom is 0.331 e. The van der Waals surface area contributed by atoms with Gasteiger partial charge in [-0.3, -0.25) is 13.9 Å². The molecule has 2 aromatic heterocycles. The normalized spacial score (nSPS) is 10.9. The van der Waals surface area contributed by atoms with Gasteiger partial charge in [-0.05, 0) is 11.5 Å². The fourth-order valence-electron chi connectivity index (χ4n) is 1.19. The van der Waals surface area contributed by atoms with Crippen molar-refractivity contribution in [2.24, 2.45) is 14.1 Å². The van der Waals surface area contributed by atoms with Crippen LogP contribution in [0, 0.1) is 0 Å². The summed E-state index contributed by atoms with van der Waals surface area (Å²) in [6.07, 6.45) is 0. The van der Waals surface area contributed by atoms with E-state index >= 15 is 0 Å². The van der Waals surface area contributed by atoms with Crippen LogP contribution in [0.3, 0.4) is 0 Å². The molecule has 0 saturated carbocycles. The van der Waals surface area contributed by atoms with Gasteiger partial charge in [0.2, 0.25) is 0 Å². The lowest BCUT2D eigenvalue weighted by atomic mass is 10.4. The average molecular weight is 197 g/mol. The molecular formula is C7H7N3O2S. The summed E-state index contributed by atoms with van der Waals surface area (Å²) in [6.45, 7) is 0. The second-order valence-electron chi connectivity index (χ2n) is 2.75. The Balaban J connectivity index is 3.21. The Morgan fingerprint density at radius 1 is 1.31 bits per heavy atom. The zero-order valence-corrected chi connectivity index (χ0v) is 7.96. The van der Waals surface area contributed by atoms with E-state index in [1.165, 1.54) is 23.1 Å². The molecule has 2 aromatic rings. The van der Waals surface area contributed by atoms with E-state index in [1.54, 1.807) is 12.4 Å². The molecule has 0 fully saturated rings. The van der Waals surface area contributed by atoms with Crippen LogP contribution in [0.5, 0.6) is 0 Å². The summed E-state index contributed by atoms with van der Waals surface area (Å²) >= 11 is 1.18. The Bertz CT molecular complexity index is 577. The standard InChI is InChI=1S/C7H7N3O2S/c1-9-4-3-13-8-5(4)6(11)10(2)7(9)12/h3H,1-2H3. The molecule has 0 aliphatic heterocycles. The monoisotopic (exact) mass is 197 g/mol. The predicted octanol–water partition coefficient (Wildman–Crippen LogP) is -0.306. The number of hydrogen-bond acceptors (Lipinski definition) is 4. The molecule has 0 atom stereocenters. The highest BCUT2D eigenvalue weighted by Gasteiger charge is 2.09. The highest BCUT2D eigenvalue weighted by atomic mass is 32.1. The van der Waals surface area contributed by atoms with Gasteiger partial charge in [0.05, 0.1) is 5.52 Å². The molecule has 2 rings (SSSR count). The van der Waals surface area contributed by atoms with Gasteiger partial charge in [-0.2, -0.15) is 4.37 Å². The summed E-state index contributed by atoms with van der Waals surface area (Å²) in [5.41, 5.74) is 0.296. The van der Waals surface area contributed by atoms with E-state index in [0.29, 0.717) is 11.0 Å². The molecule has 2 heterocycles. The molecule has 0 radical (unpaired) electrons. The molecule has 13 heavy (non-hydrogen) atoms. The van der Waals surface area contributed by atoms with Crippen molar-refractivity contribution >= 4 is 22.6 Å². The minimum atomic E-state index is -0.334. The first-order chi connectivity index (χ1) is 6.13. The Labute approximate surface area is 77.0 Å². The molecule has 6 heteroatoms. The van der Waals surface area contributed by atoms with Crippen LogP contribution in [0.1, 0.15) is 0 Å². The third-order valence-electron chi connectivity index (χ3n) is 1.99. The predicted molar refractivity (Wildman–Crippen MR) is 50.1 cm³/mol. The molecular weight excluding hydrogens is 190 g/mol. The van der Waals surface area contributed by atoms with Crippen LogP contribution in [0.4, 0.5) is 0 Å². The molecule has 0 aliphatic carbocycles. The highest BCUT2D eigenvalue weighted by Crippen LogP contribution is 2.07. The molecule has 0 unspecified atom stereocenters. The minimum Gasteiger partial charge on any atom is -0.294 e. The van der Waals surface area contributed by atoms with Gasteiger partial charge in [-0.15, -0.1) is 0 Å². The zero-order chi connectivity index (χ0) is 9.59. The van der Waals surface area contributed by atoms with E-state index in [0.717, 1.165) is 4.57 Å². The van der Waals surface area contributed by atoms with E-state index in [1.807, 2.05) is 0 Å². The Morgan fingerprint density at radius 2 is 2.00 bits per heavy atom. The van der Waals surface area contributed by atoms with Crippen LogP contribution in [0.15, 0.2) is 15.0 Å². The van der Waals surface area contributed by atoms with Crippen LogP contribution < -0.4 is 11.2 Å². The fourth-order valence-corrected chi connectivity index (χ4v) is 1.89. The minimum absolute atomic E-state index is 0.322. The number of hydrogen-bond donors (Lipinski definition) is 0. The van der Waals surface area contributed by atoms with Crippen LogP contribution in [0.2, 0.25) is 0 Å². The SMILES string of the molecule is Cn1c(=O)c2nscc2n(C)c1=O. The van der Waals surface area contributed by atoms with Gasteiger partial charge in [0, 0.05) is 19.5 Å². The Morgan fingerprint density at radius 3 is 2.69 bits per heavy atom. The van der Waals surface area contributed by atoms with Crippen LogP contribution in [-0.2, 0) is 14.1 Å². The highest BCUT2D eigenvalue weighted by molar-refractivity contribution is 7.04. The molecule has 0 aromatic carbocycles. The molecule has 0 aliphatic rings. The molecule has 68 valence electrons. The second kappa shape index (κ2) is 2.53. The maximum absolute atomic E-state index is 11.5. The number of nitrogens with zero attached hydrogens (tertiary/aromatic N) is 3. The number of aromatic nitrogens is 3. The van der Waals surface area contributed by atoms with Gasteiger partial charge in [0.15, 0.2) is 5.52 Å². The van der Waals surface area contributed by atoms with Gasteiger partial charge in [-0.1, -0.05) is 0 Å². The number of aryl methyl sites for hydroxylation is 1. The Hall–Kier alpha value is -1.43. The smallest absolute Gasteiger partial charge is 0.294 e. The van der Waals surface area contributed by atoms with Crippen molar-refractivity contribution in [3.63, 3.8) is 0 Å². The largest absolute Gasteiger partial charge is 0.331 e. The third-order valence-corrected chi connectivity index (χ3v) is 2.61. The maximum atomic E-state index is 11.5. The second-order valence-corrected chi connectivity index (χ2v) is 3.38.